The minimum Gasteiger partial charge on any atom is -0.505 e. The van der Waals surface area contributed by atoms with Gasteiger partial charge in [-0.1, -0.05) is 29.8 Å². The van der Waals surface area contributed by atoms with Gasteiger partial charge in [0.2, 0.25) is 0 Å². The molecule has 5 nitrogen and oxygen atoms in total. The molecule has 0 radical (unpaired) electrons. The van der Waals surface area contributed by atoms with Gasteiger partial charge in [-0.3, -0.25) is 9.78 Å². The van der Waals surface area contributed by atoms with Gasteiger partial charge < -0.3 is 5.11 Å². The number of nitriles is 1. The Morgan fingerprint density at radius 3 is 2.62 bits per heavy atom. The van der Waals surface area contributed by atoms with E-state index in [2.05, 4.69) is 9.97 Å². The van der Waals surface area contributed by atoms with Gasteiger partial charge in [-0.15, -0.1) is 0 Å². The van der Waals surface area contributed by atoms with E-state index in [9.17, 15) is 13.8 Å². The van der Waals surface area contributed by atoms with Crippen LogP contribution in [0.1, 0.15) is 15.9 Å². The van der Waals surface area contributed by atoms with Crippen LogP contribution in [0.5, 0.6) is 5.75 Å². The van der Waals surface area contributed by atoms with Gasteiger partial charge in [0.25, 0.3) is 5.78 Å². The average Bonchev–Trinajstić information content (AvgIpc) is 2.61. The molecule has 118 valence electrons. The lowest BCUT2D eigenvalue weighted by Gasteiger charge is -2.11. The fourth-order valence-electron chi connectivity index (χ4n) is 2.40. The largest absolute Gasteiger partial charge is 0.505 e. The molecular formula is C17H10FN3O2S. The van der Waals surface area contributed by atoms with Gasteiger partial charge in [0, 0.05) is 23.3 Å². The van der Waals surface area contributed by atoms with Crippen molar-refractivity contribution in [3.05, 3.63) is 47.8 Å². The van der Waals surface area contributed by atoms with E-state index in [1.165, 1.54) is 18.5 Å². The molecule has 0 saturated carbocycles. The van der Waals surface area contributed by atoms with Crippen LogP contribution in [-0.2, 0) is 0 Å². The molecule has 0 saturated heterocycles. The van der Waals surface area contributed by atoms with E-state index < -0.39 is 11.5 Å². The minimum atomic E-state index is -0.934. The second-order valence-corrected chi connectivity index (χ2v) is 5.70. The van der Waals surface area contributed by atoms with Crippen LogP contribution in [0.3, 0.4) is 0 Å². The molecule has 3 aromatic rings. The average molecular weight is 339 g/mol. The molecule has 0 atom stereocenters. The first-order chi connectivity index (χ1) is 11.6. The summed E-state index contributed by atoms with van der Waals surface area (Å²) in [6, 6.07) is 8.59. The fraction of sp³-hybridized carbons (Fsp3) is 0.0588. The van der Waals surface area contributed by atoms with Gasteiger partial charge in [-0.05, 0) is 6.92 Å². The van der Waals surface area contributed by atoms with Gasteiger partial charge in [-0.25, -0.2) is 4.98 Å². The lowest BCUT2D eigenvalue weighted by Crippen LogP contribution is -2.02. The number of pyridine rings is 2. The van der Waals surface area contributed by atoms with Crippen LogP contribution in [0.25, 0.3) is 22.2 Å². The van der Waals surface area contributed by atoms with E-state index in [0.717, 1.165) is 5.56 Å². The van der Waals surface area contributed by atoms with Crippen LogP contribution in [0, 0.1) is 18.3 Å². The van der Waals surface area contributed by atoms with Crippen molar-refractivity contribution in [2.75, 3.05) is 0 Å². The van der Waals surface area contributed by atoms with Crippen LogP contribution >= 0.6 is 12.1 Å². The molecule has 0 aliphatic heterocycles. The highest BCUT2D eigenvalue weighted by Crippen LogP contribution is 2.38. The lowest BCUT2D eigenvalue weighted by molar-refractivity contribution is 0.105. The van der Waals surface area contributed by atoms with E-state index in [-0.39, 0.29) is 39.2 Å². The first-order valence-corrected chi connectivity index (χ1v) is 7.59. The van der Waals surface area contributed by atoms with Crippen LogP contribution in [-0.4, -0.2) is 20.9 Å². The summed E-state index contributed by atoms with van der Waals surface area (Å²) >= 11 is -0.0623. The number of hydrogen-bond donors (Lipinski definition) is 1. The zero-order valence-corrected chi connectivity index (χ0v) is 13.3. The predicted octanol–water partition coefficient (Wildman–Crippen LogP) is 3.99. The third-order valence-corrected chi connectivity index (χ3v) is 4.04. The molecular weight excluding hydrogens is 329 g/mol. The fourth-order valence-corrected chi connectivity index (χ4v) is 2.73. The maximum absolute atomic E-state index is 13.2. The summed E-state index contributed by atoms with van der Waals surface area (Å²) in [5.41, 5.74) is 1.63. The highest BCUT2D eigenvalue weighted by Gasteiger charge is 2.23. The van der Waals surface area contributed by atoms with Crippen LogP contribution in [0.15, 0.2) is 41.6 Å². The Labute approximate surface area is 141 Å². The Bertz CT molecular complexity index is 997. The molecule has 2 heterocycles. The first-order valence-electron chi connectivity index (χ1n) is 6.87. The molecule has 0 fully saturated rings. The number of rotatable bonds is 3. The molecule has 0 spiro atoms. The van der Waals surface area contributed by atoms with Crippen molar-refractivity contribution in [2.45, 2.75) is 11.8 Å². The maximum Gasteiger partial charge on any atom is 0.266 e. The summed E-state index contributed by atoms with van der Waals surface area (Å²) in [6.45, 7) is 1.91. The quantitative estimate of drug-likeness (QED) is 0.573. The number of carbonyl (C=O) groups is 1. The number of aromatic nitrogens is 2. The minimum absolute atomic E-state index is 0.0623. The van der Waals surface area contributed by atoms with Crippen LogP contribution < -0.4 is 0 Å². The zero-order chi connectivity index (χ0) is 17.3. The van der Waals surface area contributed by atoms with E-state index in [4.69, 9.17) is 5.26 Å². The number of aromatic hydroxyl groups is 1. The van der Waals surface area contributed by atoms with Crippen molar-refractivity contribution in [1.82, 2.24) is 9.97 Å². The summed E-state index contributed by atoms with van der Waals surface area (Å²) in [6.07, 6.45) is 2.56. The smallest absolute Gasteiger partial charge is 0.266 e. The normalized spacial score (nSPS) is 10.5. The number of nitrogens with zero attached hydrogens (tertiary/aromatic N) is 3. The number of hydrogen-bond acceptors (Lipinski definition) is 6. The van der Waals surface area contributed by atoms with Crippen molar-refractivity contribution in [3.8, 4) is 23.1 Å². The number of carbonyl (C=O) groups excluding carboxylic acids is 1. The van der Waals surface area contributed by atoms with Gasteiger partial charge >= 0.3 is 0 Å². The number of halogens is 1. The summed E-state index contributed by atoms with van der Waals surface area (Å²) in [7, 11) is 0. The molecule has 1 N–H and O–H groups in total. The Kier molecular flexibility index (Phi) is 4.15. The van der Waals surface area contributed by atoms with Crippen molar-refractivity contribution in [3.63, 3.8) is 0 Å². The summed E-state index contributed by atoms with van der Waals surface area (Å²) in [4.78, 5) is 20.3. The van der Waals surface area contributed by atoms with Gasteiger partial charge in [0.1, 0.15) is 11.8 Å². The third-order valence-electron chi connectivity index (χ3n) is 3.57. The van der Waals surface area contributed by atoms with E-state index in [0.29, 0.717) is 5.56 Å². The Morgan fingerprint density at radius 1 is 1.29 bits per heavy atom. The van der Waals surface area contributed by atoms with E-state index in [1.807, 2.05) is 19.1 Å². The number of aryl methyl sites for hydroxylation is 1. The Hall–Kier alpha value is -2.98. The van der Waals surface area contributed by atoms with E-state index in [1.54, 1.807) is 12.1 Å². The van der Waals surface area contributed by atoms with Gasteiger partial charge in [0.05, 0.1) is 28.1 Å². The van der Waals surface area contributed by atoms with Crippen LogP contribution in [0.4, 0.5) is 3.89 Å². The first kappa shape index (κ1) is 15.9. The molecule has 0 aliphatic carbocycles. The van der Waals surface area contributed by atoms with Gasteiger partial charge in [0.15, 0.2) is 5.75 Å². The second kappa shape index (κ2) is 6.26. The number of Topliss-reactive ketones (excluding diaryl/α,β-unsaturated/α-hetero) is 1. The summed E-state index contributed by atoms with van der Waals surface area (Å²) in [5, 5.41) is 19.6. The lowest BCUT2D eigenvalue weighted by atomic mass is 10.0. The van der Waals surface area contributed by atoms with E-state index >= 15 is 0 Å². The van der Waals surface area contributed by atoms with Crippen molar-refractivity contribution in [2.24, 2.45) is 0 Å². The topological polar surface area (TPSA) is 86.9 Å². The molecule has 0 aliphatic rings. The zero-order valence-electron chi connectivity index (χ0n) is 12.4. The maximum atomic E-state index is 13.2. The number of ketones is 1. The highest BCUT2D eigenvalue weighted by molar-refractivity contribution is 7.94. The molecule has 1 aromatic carbocycles. The summed E-state index contributed by atoms with van der Waals surface area (Å²) in [5.74, 6) is -1.35. The monoisotopic (exact) mass is 339 g/mol. The van der Waals surface area contributed by atoms with Crippen molar-refractivity contribution < 1.29 is 13.8 Å². The number of fused-ring (bicyclic) bond motifs is 1. The molecule has 0 amide bonds. The molecule has 24 heavy (non-hydrogen) atoms. The SMILES string of the molecule is Cc1ccc(-c2nc3c(SF)cncc3c(C(=O)C#N)c2O)cc1. The molecule has 2 aromatic heterocycles. The number of benzene rings is 1. The summed E-state index contributed by atoms with van der Waals surface area (Å²) < 4.78 is 13.2. The van der Waals surface area contributed by atoms with Crippen molar-refractivity contribution in [1.29, 1.82) is 5.26 Å². The molecule has 0 unspecified atom stereocenters. The van der Waals surface area contributed by atoms with Crippen molar-refractivity contribution >= 4 is 28.8 Å². The predicted molar refractivity (Wildman–Crippen MR) is 88.3 cm³/mol. The van der Waals surface area contributed by atoms with Crippen LogP contribution in [0.2, 0.25) is 0 Å². The second-order valence-electron chi connectivity index (χ2n) is 5.10. The highest BCUT2D eigenvalue weighted by atomic mass is 32.2. The Morgan fingerprint density at radius 2 is 2.00 bits per heavy atom. The van der Waals surface area contributed by atoms with Gasteiger partial charge in [-0.2, -0.15) is 9.15 Å². The molecule has 0 bridgehead atoms. The standard InChI is InChI=1S/C17H10FN3O2S/c1-9-2-4-10(5-3-9)15-17(23)14(12(22)6-19)11-7-20-8-13(24-18)16(11)21-15/h2-5,7-8,23H,1H3. The molecule has 7 heteroatoms. The molecule has 3 rings (SSSR count). The Balaban J connectivity index is 2.43. The third kappa shape index (κ3) is 2.57.